The summed E-state index contributed by atoms with van der Waals surface area (Å²) in [7, 11) is 0. The molecule has 5 nitrogen and oxygen atoms in total. The molecule has 8 heteroatoms. The van der Waals surface area contributed by atoms with Crippen LogP contribution in [0.4, 0.5) is 8.78 Å². The van der Waals surface area contributed by atoms with Crippen molar-refractivity contribution < 1.29 is 58.1 Å². The van der Waals surface area contributed by atoms with E-state index in [-0.39, 0.29) is 60.7 Å². The molecule has 3 aromatic carbocycles. The topological polar surface area (TPSA) is 74.5 Å². The molecular weight excluding hydrogens is 427 g/mol. The number of ether oxygens (including phenoxy) is 1. The molecule has 4 aromatic rings. The molecule has 158 valence electrons. The molecule has 0 fully saturated rings. The molecule has 1 N–H and O–H groups in total. The van der Waals surface area contributed by atoms with Gasteiger partial charge in [0.15, 0.2) is 0 Å². The largest absolute Gasteiger partial charge is 1.00 e. The molecule has 4 rings (SSSR count). The van der Waals surface area contributed by atoms with E-state index in [0.717, 1.165) is 5.56 Å². The van der Waals surface area contributed by atoms with E-state index in [4.69, 9.17) is 4.74 Å². The number of carbonyl (C=O) groups excluding carboxylic acids is 1. The van der Waals surface area contributed by atoms with Crippen molar-refractivity contribution in [3.63, 3.8) is 0 Å². The second kappa shape index (κ2) is 10.3. The summed E-state index contributed by atoms with van der Waals surface area (Å²) in [5.74, 6) is -1.69. The van der Waals surface area contributed by atoms with E-state index in [9.17, 15) is 23.8 Å². The number of carbonyl (C=O) groups is 1. The van der Waals surface area contributed by atoms with Gasteiger partial charge in [0.2, 0.25) is 0 Å². The van der Waals surface area contributed by atoms with Gasteiger partial charge in [-0.15, -0.1) is 0 Å². The summed E-state index contributed by atoms with van der Waals surface area (Å²) in [5.41, 5.74) is 2.26. The zero-order valence-electron chi connectivity index (χ0n) is 17.3. The van der Waals surface area contributed by atoms with Gasteiger partial charge in [0.1, 0.15) is 24.0 Å². The molecule has 0 atom stereocenters. The van der Waals surface area contributed by atoms with Crippen LogP contribution in [0.5, 0.6) is 5.75 Å². The van der Waals surface area contributed by atoms with Crippen LogP contribution in [0.15, 0.2) is 66.9 Å². The SMILES string of the molecule is O=C([O-])c1cccc2c1c(CO)cn2Cc1cc(F)ccc1OCc1ccc(F)cc1.[Na+]. The van der Waals surface area contributed by atoms with Crippen LogP contribution >= 0.6 is 0 Å². The number of carboxylic acids is 1. The molecule has 0 unspecified atom stereocenters. The normalized spacial score (nSPS) is 10.7. The number of aromatic carboxylic acids is 1. The van der Waals surface area contributed by atoms with Crippen molar-refractivity contribution in [3.05, 3.63) is 101 Å². The second-order valence-electron chi connectivity index (χ2n) is 7.09. The molecule has 0 aliphatic heterocycles. The number of aromatic nitrogens is 1. The molecule has 0 radical (unpaired) electrons. The van der Waals surface area contributed by atoms with Crippen LogP contribution in [-0.4, -0.2) is 15.6 Å². The fourth-order valence-electron chi connectivity index (χ4n) is 3.60. The monoisotopic (exact) mass is 445 g/mol. The van der Waals surface area contributed by atoms with Crippen LogP contribution in [0.2, 0.25) is 0 Å². The predicted octanol–water partition coefficient (Wildman–Crippen LogP) is 0.407. The van der Waals surface area contributed by atoms with Gasteiger partial charge in [0.05, 0.1) is 19.1 Å². The maximum atomic E-state index is 14.0. The van der Waals surface area contributed by atoms with E-state index in [1.165, 1.54) is 36.4 Å². The first-order chi connectivity index (χ1) is 15.0. The first kappa shape index (κ1) is 23.9. The first-order valence-corrected chi connectivity index (χ1v) is 9.55. The number of aliphatic hydroxyl groups excluding tert-OH is 1. The predicted molar refractivity (Wildman–Crippen MR) is 108 cm³/mol. The van der Waals surface area contributed by atoms with Gasteiger partial charge < -0.3 is 24.3 Å². The maximum absolute atomic E-state index is 14.0. The molecular formula is C24H18F2NNaO4. The molecule has 0 amide bonds. The zero-order chi connectivity index (χ0) is 22.0. The summed E-state index contributed by atoms with van der Waals surface area (Å²) in [4.78, 5) is 11.5. The molecule has 0 aliphatic carbocycles. The molecule has 0 bridgehead atoms. The minimum Gasteiger partial charge on any atom is -0.545 e. The summed E-state index contributed by atoms with van der Waals surface area (Å²) in [6.45, 7) is -0.00353. The number of hydrogen-bond acceptors (Lipinski definition) is 4. The second-order valence-corrected chi connectivity index (χ2v) is 7.09. The average Bonchev–Trinajstić information content (AvgIpc) is 3.12. The molecule has 32 heavy (non-hydrogen) atoms. The van der Waals surface area contributed by atoms with Crippen LogP contribution in [0.3, 0.4) is 0 Å². The van der Waals surface area contributed by atoms with Gasteiger partial charge >= 0.3 is 29.6 Å². The smallest absolute Gasteiger partial charge is 0.545 e. The number of hydrogen-bond donors (Lipinski definition) is 1. The number of aliphatic hydroxyl groups is 1. The Morgan fingerprint density at radius 1 is 1.00 bits per heavy atom. The third kappa shape index (κ3) is 5.02. The van der Waals surface area contributed by atoms with Crippen molar-refractivity contribution in [3.8, 4) is 5.75 Å². The molecule has 0 saturated heterocycles. The molecule has 0 aliphatic rings. The van der Waals surface area contributed by atoms with E-state index >= 15 is 0 Å². The summed E-state index contributed by atoms with van der Waals surface area (Å²) >= 11 is 0. The summed E-state index contributed by atoms with van der Waals surface area (Å²) in [6.07, 6.45) is 1.63. The Kier molecular flexibility index (Phi) is 7.69. The third-order valence-electron chi connectivity index (χ3n) is 5.05. The Bertz CT molecular complexity index is 1260. The number of halogens is 2. The standard InChI is InChI=1S/C24H19F2NO4.Na/c25-18-6-4-15(5-7-18)14-31-22-9-8-19(26)10-16(22)11-27-12-17(13-28)23-20(24(29)30)2-1-3-21(23)27;/h1-10,12,28H,11,13-14H2,(H,29,30);/q;+1/p-1. The number of benzene rings is 3. The van der Waals surface area contributed by atoms with Gasteiger partial charge in [-0.25, -0.2) is 8.78 Å². The fourth-order valence-corrected chi connectivity index (χ4v) is 3.60. The van der Waals surface area contributed by atoms with E-state index < -0.39 is 11.8 Å². The molecule has 0 saturated carbocycles. The Morgan fingerprint density at radius 2 is 1.72 bits per heavy atom. The van der Waals surface area contributed by atoms with Crippen LogP contribution in [-0.2, 0) is 19.8 Å². The number of fused-ring (bicyclic) bond motifs is 1. The van der Waals surface area contributed by atoms with Gasteiger partial charge in [-0.1, -0.05) is 24.3 Å². The summed E-state index contributed by atoms with van der Waals surface area (Å²) < 4.78 is 34.6. The fraction of sp³-hybridized carbons (Fsp3) is 0.125. The Hall–Kier alpha value is -2.71. The molecule has 1 heterocycles. The minimum absolute atomic E-state index is 0. The first-order valence-electron chi connectivity index (χ1n) is 9.55. The van der Waals surface area contributed by atoms with Gasteiger partial charge in [0, 0.05) is 33.8 Å². The number of nitrogens with zero attached hydrogens (tertiary/aromatic N) is 1. The maximum Gasteiger partial charge on any atom is 1.00 e. The van der Waals surface area contributed by atoms with Crippen molar-refractivity contribution in [2.24, 2.45) is 0 Å². The van der Waals surface area contributed by atoms with E-state index in [1.807, 2.05) is 0 Å². The van der Waals surface area contributed by atoms with E-state index in [0.29, 0.717) is 27.8 Å². The molecule has 1 aromatic heterocycles. The zero-order valence-corrected chi connectivity index (χ0v) is 19.3. The summed E-state index contributed by atoms with van der Waals surface area (Å²) in [6, 6.07) is 14.7. The van der Waals surface area contributed by atoms with Crippen LogP contribution in [0.1, 0.15) is 27.0 Å². The Balaban J connectivity index is 0.00000289. The van der Waals surface area contributed by atoms with Crippen molar-refractivity contribution in [2.45, 2.75) is 19.8 Å². The Labute approximate surface area is 205 Å². The number of carboxylic acid groups (broad SMARTS) is 1. The average molecular weight is 445 g/mol. The van der Waals surface area contributed by atoms with Crippen LogP contribution in [0, 0.1) is 11.6 Å². The van der Waals surface area contributed by atoms with Crippen molar-refractivity contribution in [1.29, 1.82) is 0 Å². The molecule has 0 spiro atoms. The number of rotatable bonds is 7. The van der Waals surface area contributed by atoms with Gasteiger partial charge in [0.25, 0.3) is 0 Å². The summed E-state index contributed by atoms with van der Waals surface area (Å²) in [5, 5.41) is 21.6. The van der Waals surface area contributed by atoms with E-state index in [2.05, 4.69) is 0 Å². The van der Waals surface area contributed by atoms with Crippen molar-refractivity contribution in [2.75, 3.05) is 0 Å². The van der Waals surface area contributed by atoms with Crippen molar-refractivity contribution >= 4 is 16.9 Å². The van der Waals surface area contributed by atoms with Crippen molar-refractivity contribution in [1.82, 2.24) is 4.57 Å². The minimum atomic E-state index is -1.34. The van der Waals surface area contributed by atoms with Crippen LogP contribution < -0.4 is 39.4 Å². The Morgan fingerprint density at radius 3 is 2.41 bits per heavy atom. The van der Waals surface area contributed by atoms with Gasteiger partial charge in [-0.3, -0.25) is 0 Å². The van der Waals surface area contributed by atoms with Gasteiger partial charge in [-0.2, -0.15) is 0 Å². The van der Waals surface area contributed by atoms with Gasteiger partial charge in [-0.05, 0) is 42.0 Å². The van der Waals surface area contributed by atoms with Crippen LogP contribution in [0.25, 0.3) is 10.9 Å². The van der Waals surface area contributed by atoms with E-state index in [1.54, 1.807) is 35.0 Å². The third-order valence-corrected chi connectivity index (χ3v) is 5.05. The quantitative estimate of drug-likeness (QED) is 0.418.